The fraction of sp³-hybridized carbons (Fsp3) is 0.222. The first-order chi connectivity index (χ1) is 9.03. The van der Waals surface area contributed by atoms with E-state index in [9.17, 15) is 12.8 Å². The molecule has 102 valence electrons. The Balaban J connectivity index is 2.19. The minimum Gasteiger partial charge on any atom is -0.392 e. The molecule has 0 aliphatic heterocycles. The van der Waals surface area contributed by atoms with Crippen molar-refractivity contribution in [2.45, 2.75) is 18.0 Å². The molecule has 0 bridgehead atoms. The Kier molecular flexibility index (Phi) is 3.83. The molecule has 0 saturated carbocycles. The Hall–Kier alpha value is -1.91. The molecule has 0 unspecified atom stereocenters. The Labute approximate surface area is 107 Å². The third kappa shape index (κ3) is 3.10. The Morgan fingerprint density at radius 3 is 2.84 bits per heavy atom. The first-order valence-corrected chi connectivity index (χ1v) is 6.62. The second-order valence-corrected chi connectivity index (χ2v) is 5.33. The number of sulfonamides is 1. The number of hydrogen-bond donors (Lipinski definition) is 3. The van der Waals surface area contributed by atoms with Gasteiger partial charge in [-0.1, -0.05) is 5.21 Å². The predicted octanol–water partition coefficient (Wildman–Crippen LogP) is -0.690. The topological polar surface area (TPSA) is 121 Å². The summed E-state index contributed by atoms with van der Waals surface area (Å²) in [4.78, 5) is -0.151. The standard InChI is InChI=1S/C9H10FN5O3S/c10-8-2-1-7(3-6(8)5-16)19(17,18)11-4-9-12-14-15-13-9/h1-3,11,16H,4-5H2,(H,12,13,14,15). The number of halogens is 1. The molecule has 0 saturated heterocycles. The lowest BCUT2D eigenvalue weighted by Crippen LogP contribution is -2.24. The largest absolute Gasteiger partial charge is 0.392 e. The van der Waals surface area contributed by atoms with Gasteiger partial charge in [0.1, 0.15) is 5.82 Å². The van der Waals surface area contributed by atoms with Gasteiger partial charge in [0.2, 0.25) is 10.0 Å². The lowest BCUT2D eigenvalue weighted by molar-refractivity contribution is 0.275. The molecule has 0 fully saturated rings. The van der Waals surface area contributed by atoms with E-state index >= 15 is 0 Å². The summed E-state index contributed by atoms with van der Waals surface area (Å²) in [6.45, 7) is -0.731. The first-order valence-electron chi connectivity index (χ1n) is 5.14. The molecule has 0 aliphatic rings. The molecule has 0 atom stereocenters. The van der Waals surface area contributed by atoms with Crippen molar-refractivity contribution in [3.05, 3.63) is 35.4 Å². The molecule has 1 aromatic heterocycles. The smallest absolute Gasteiger partial charge is 0.240 e. The fourth-order valence-corrected chi connectivity index (χ4v) is 2.37. The summed E-state index contributed by atoms with van der Waals surface area (Å²) < 4.78 is 39.2. The van der Waals surface area contributed by atoms with Crippen LogP contribution in [0.3, 0.4) is 0 Å². The minimum absolute atomic E-state index is 0.0950. The molecule has 19 heavy (non-hydrogen) atoms. The predicted molar refractivity (Wildman–Crippen MR) is 60.5 cm³/mol. The number of aliphatic hydroxyl groups excluding tert-OH is 1. The molecule has 0 spiro atoms. The summed E-state index contributed by atoms with van der Waals surface area (Å²) in [5.41, 5.74) is -0.0950. The quantitative estimate of drug-likeness (QED) is 0.669. The number of aromatic amines is 1. The van der Waals surface area contributed by atoms with Gasteiger partial charge in [-0.15, -0.1) is 10.2 Å². The number of nitrogens with one attached hydrogen (secondary N) is 2. The first kappa shape index (κ1) is 13.5. The number of nitrogens with zero attached hydrogens (tertiary/aromatic N) is 3. The van der Waals surface area contributed by atoms with Crippen molar-refractivity contribution < 1.29 is 17.9 Å². The third-order valence-electron chi connectivity index (χ3n) is 2.31. The van der Waals surface area contributed by atoms with Gasteiger partial charge in [0.15, 0.2) is 5.82 Å². The SMILES string of the molecule is O=S(=O)(NCc1nn[nH]n1)c1ccc(F)c(CO)c1. The van der Waals surface area contributed by atoms with Gasteiger partial charge < -0.3 is 5.11 Å². The number of tetrazole rings is 1. The lowest BCUT2D eigenvalue weighted by atomic mass is 10.2. The van der Waals surface area contributed by atoms with Crippen molar-refractivity contribution in [3.8, 4) is 0 Å². The zero-order valence-electron chi connectivity index (χ0n) is 9.54. The maximum absolute atomic E-state index is 13.2. The maximum atomic E-state index is 13.2. The van der Waals surface area contributed by atoms with E-state index in [4.69, 9.17) is 5.11 Å². The van der Waals surface area contributed by atoms with Crippen molar-refractivity contribution in [3.63, 3.8) is 0 Å². The van der Waals surface area contributed by atoms with Crippen LogP contribution in [0, 0.1) is 5.82 Å². The molecule has 1 heterocycles. The zero-order chi connectivity index (χ0) is 13.9. The van der Waals surface area contributed by atoms with Crippen molar-refractivity contribution >= 4 is 10.0 Å². The van der Waals surface area contributed by atoms with Gasteiger partial charge in [-0.25, -0.2) is 17.5 Å². The summed E-state index contributed by atoms with van der Waals surface area (Å²) in [6.07, 6.45) is 0. The van der Waals surface area contributed by atoms with Crippen molar-refractivity contribution in [2.75, 3.05) is 0 Å². The van der Waals surface area contributed by atoms with Crippen molar-refractivity contribution in [2.24, 2.45) is 0 Å². The van der Waals surface area contributed by atoms with Crippen LogP contribution < -0.4 is 4.72 Å². The van der Waals surface area contributed by atoms with E-state index in [-0.39, 0.29) is 22.8 Å². The fourth-order valence-electron chi connectivity index (χ4n) is 1.34. The number of rotatable bonds is 5. The second kappa shape index (κ2) is 5.38. The maximum Gasteiger partial charge on any atom is 0.240 e. The molecule has 3 N–H and O–H groups in total. The Morgan fingerprint density at radius 2 is 2.21 bits per heavy atom. The van der Waals surface area contributed by atoms with Gasteiger partial charge >= 0.3 is 0 Å². The van der Waals surface area contributed by atoms with E-state index in [2.05, 4.69) is 25.3 Å². The summed E-state index contributed by atoms with van der Waals surface area (Å²) in [5, 5.41) is 21.5. The minimum atomic E-state index is -3.84. The van der Waals surface area contributed by atoms with Gasteiger partial charge in [-0.3, -0.25) is 0 Å². The number of aliphatic hydroxyl groups is 1. The van der Waals surface area contributed by atoms with Gasteiger partial charge in [0, 0.05) is 5.56 Å². The van der Waals surface area contributed by atoms with Gasteiger partial charge in [0.25, 0.3) is 0 Å². The van der Waals surface area contributed by atoms with Crippen LogP contribution in [-0.4, -0.2) is 34.1 Å². The highest BCUT2D eigenvalue weighted by Gasteiger charge is 2.16. The van der Waals surface area contributed by atoms with Crippen LogP contribution in [0.15, 0.2) is 23.1 Å². The monoisotopic (exact) mass is 287 g/mol. The molecule has 1 aromatic carbocycles. The van der Waals surface area contributed by atoms with E-state index in [1.54, 1.807) is 0 Å². The third-order valence-corrected chi connectivity index (χ3v) is 3.71. The van der Waals surface area contributed by atoms with Gasteiger partial charge in [-0.2, -0.15) is 5.21 Å². The Morgan fingerprint density at radius 1 is 1.42 bits per heavy atom. The molecule has 10 heteroatoms. The molecule has 2 rings (SSSR count). The summed E-state index contributed by atoms with van der Waals surface area (Å²) >= 11 is 0. The van der Waals surface area contributed by atoms with Gasteiger partial charge in [-0.05, 0) is 18.2 Å². The van der Waals surface area contributed by atoms with Crippen molar-refractivity contribution in [1.29, 1.82) is 0 Å². The molecule has 2 aromatic rings. The molecular formula is C9H10FN5O3S. The average Bonchev–Trinajstić information content (AvgIpc) is 2.90. The highest BCUT2D eigenvalue weighted by Crippen LogP contribution is 2.15. The van der Waals surface area contributed by atoms with Crippen LogP contribution in [0.5, 0.6) is 0 Å². The lowest BCUT2D eigenvalue weighted by Gasteiger charge is -2.06. The number of H-pyrrole nitrogens is 1. The van der Waals surface area contributed by atoms with E-state index < -0.39 is 22.4 Å². The molecule has 0 amide bonds. The van der Waals surface area contributed by atoms with Crippen LogP contribution in [0.4, 0.5) is 4.39 Å². The van der Waals surface area contributed by atoms with Gasteiger partial charge in [0.05, 0.1) is 18.0 Å². The van der Waals surface area contributed by atoms with Crippen LogP contribution in [-0.2, 0) is 23.2 Å². The number of hydrogen-bond acceptors (Lipinski definition) is 6. The summed E-state index contributed by atoms with van der Waals surface area (Å²) in [6, 6.07) is 3.15. The van der Waals surface area contributed by atoms with E-state index in [1.165, 1.54) is 0 Å². The highest BCUT2D eigenvalue weighted by molar-refractivity contribution is 7.89. The molecule has 8 nitrogen and oxygen atoms in total. The highest BCUT2D eigenvalue weighted by atomic mass is 32.2. The van der Waals surface area contributed by atoms with E-state index in [0.717, 1.165) is 18.2 Å². The Bertz CT molecular complexity index is 658. The van der Waals surface area contributed by atoms with E-state index in [1.807, 2.05) is 0 Å². The number of benzene rings is 1. The average molecular weight is 287 g/mol. The van der Waals surface area contributed by atoms with Crippen LogP contribution in [0.2, 0.25) is 0 Å². The molecule has 0 aliphatic carbocycles. The molecular weight excluding hydrogens is 277 g/mol. The second-order valence-electron chi connectivity index (χ2n) is 3.56. The van der Waals surface area contributed by atoms with Crippen LogP contribution in [0.25, 0.3) is 0 Å². The van der Waals surface area contributed by atoms with Crippen LogP contribution in [0.1, 0.15) is 11.4 Å². The number of aromatic nitrogens is 4. The normalized spacial score (nSPS) is 11.7. The van der Waals surface area contributed by atoms with Crippen molar-refractivity contribution in [1.82, 2.24) is 25.3 Å². The summed E-state index contributed by atoms with van der Waals surface area (Å²) in [7, 11) is -3.84. The summed E-state index contributed by atoms with van der Waals surface area (Å²) in [5.74, 6) is -0.493. The van der Waals surface area contributed by atoms with E-state index in [0.29, 0.717) is 0 Å². The zero-order valence-corrected chi connectivity index (χ0v) is 10.4. The molecule has 0 radical (unpaired) electrons. The van der Waals surface area contributed by atoms with Crippen LogP contribution >= 0.6 is 0 Å².